The summed E-state index contributed by atoms with van der Waals surface area (Å²) in [6.07, 6.45) is -3.41. The average Bonchev–Trinajstić information content (AvgIpc) is 1.82. The monoisotopic (exact) mass is 165 g/mol. The topological polar surface area (TPSA) is 102 Å². The van der Waals surface area contributed by atoms with Gasteiger partial charge in [-0.15, -0.1) is 0 Å². The number of hydrogen-bond donors (Lipinski definition) is 3. The quantitative estimate of drug-likeness (QED) is 0.452. The van der Waals surface area contributed by atoms with Crippen molar-refractivity contribution < 1.29 is 24.5 Å². The molecule has 0 aliphatic heterocycles. The van der Waals surface area contributed by atoms with Crippen LogP contribution in [0.2, 0.25) is 0 Å². The van der Waals surface area contributed by atoms with Crippen molar-refractivity contribution in [2.75, 3.05) is 6.61 Å². The Labute approximate surface area is 63.5 Å². The Balaban J connectivity index is 3.37. The van der Waals surface area contributed by atoms with Crippen LogP contribution in [0, 0.1) is 0 Å². The van der Waals surface area contributed by atoms with Gasteiger partial charge in [-0.3, -0.25) is 0 Å². The molecule has 0 fully saturated rings. The van der Waals surface area contributed by atoms with Gasteiger partial charge in [0, 0.05) is 0 Å². The third-order valence-electron chi connectivity index (χ3n) is 0.762. The fourth-order valence-corrected chi connectivity index (χ4v) is 0.419. The molecule has 0 bridgehead atoms. The number of aliphatic hydroxyl groups is 2. The minimum absolute atomic E-state index is 0.325. The molecule has 0 aromatic carbocycles. The zero-order chi connectivity index (χ0) is 8.85. The van der Waals surface area contributed by atoms with E-state index in [9.17, 15) is 4.79 Å². The van der Waals surface area contributed by atoms with Crippen molar-refractivity contribution in [3.8, 4) is 0 Å². The maximum atomic E-state index is 10.0. The number of hydrogen-bond acceptors (Lipinski definition) is 5. The van der Waals surface area contributed by atoms with E-state index in [1.165, 1.54) is 6.92 Å². The van der Waals surface area contributed by atoms with Gasteiger partial charge in [0.15, 0.2) is 6.29 Å². The van der Waals surface area contributed by atoms with Crippen LogP contribution in [0.3, 0.4) is 0 Å². The molecule has 1 amide bonds. The first kappa shape index (κ1) is 10.2. The molecule has 0 aromatic heterocycles. The Bertz CT molecular complexity index is 126. The van der Waals surface area contributed by atoms with Crippen molar-refractivity contribution in [2.45, 2.75) is 19.5 Å². The van der Waals surface area contributed by atoms with Gasteiger partial charge in [-0.05, 0) is 6.92 Å². The van der Waals surface area contributed by atoms with E-state index in [0.717, 1.165) is 0 Å². The summed E-state index contributed by atoms with van der Waals surface area (Å²) in [5.41, 5.74) is 4.63. The van der Waals surface area contributed by atoms with Crippen LogP contribution >= 0.6 is 0 Å². The molecule has 0 rings (SSSR count). The molecule has 4 N–H and O–H groups in total. The molecular formula is C5H11NO5. The highest BCUT2D eigenvalue weighted by molar-refractivity contribution is 5.64. The Morgan fingerprint density at radius 3 is 2.55 bits per heavy atom. The molecule has 0 saturated carbocycles. The minimum Gasteiger partial charge on any atom is -0.420 e. The Morgan fingerprint density at radius 1 is 1.64 bits per heavy atom. The first-order valence-corrected chi connectivity index (χ1v) is 2.96. The third-order valence-corrected chi connectivity index (χ3v) is 0.762. The highest BCUT2D eigenvalue weighted by Gasteiger charge is 2.07. The molecule has 66 valence electrons. The van der Waals surface area contributed by atoms with Crippen LogP contribution in [-0.2, 0) is 9.47 Å². The number of nitrogens with two attached hydrogens (primary N) is 1. The molecule has 11 heavy (non-hydrogen) atoms. The van der Waals surface area contributed by atoms with E-state index in [4.69, 9.17) is 10.2 Å². The van der Waals surface area contributed by atoms with E-state index >= 15 is 0 Å². The fourth-order valence-electron chi connectivity index (χ4n) is 0.419. The summed E-state index contributed by atoms with van der Waals surface area (Å²) in [6.45, 7) is 1.08. The third kappa shape index (κ3) is 7.04. The molecule has 0 spiro atoms. The van der Waals surface area contributed by atoms with E-state index in [-0.39, 0.29) is 6.61 Å². The first-order valence-electron chi connectivity index (χ1n) is 2.96. The largest absolute Gasteiger partial charge is 0.420 e. The molecule has 0 saturated heterocycles. The van der Waals surface area contributed by atoms with Crippen LogP contribution in [0.15, 0.2) is 0 Å². The van der Waals surface area contributed by atoms with Crippen LogP contribution in [0.5, 0.6) is 0 Å². The molecule has 0 aliphatic carbocycles. The van der Waals surface area contributed by atoms with Gasteiger partial charge in [0.25, 0.3) is 0 Å². The molecule has 6 nitrogen and oxygen atoms in total. The number of aliphatic hydroxyl groups excluding tert-OH is 1. The van der Waals surface area contributed by atoms with E-state index in [1.54, 1.807) is 0 Å². The normalized spacial score (nSPS) is 13.1. The Morgan fingerprint density at radius 2 is 2.18 bits per heavy atom. The molecule has 0 aromatic rings. The smallest absolute Gasteiger partial charge is 0.406 e. The van der Waals surface area contributed by atoms with Crippen LogP contribution in [0.4, 0.5) is 4.79 Å². The fraction of sp³-hybridized carbons (Fsp3) is 0.800. The van der Waals surface area contributed by atoms with Crippen LogP contribution in [0.25, 0.3) is 0 Å². The summed E-state index contributed by atoms with van der Waals surface area (Å²) in [6, 6.07) is 0. The predicted octanol–water partition coefficient (Wildman–Crippen LogP) is -1.25. The van der Waals surface area contributed by atoms with Crippen LogP contribution < -0.4 is 5.73 Å². The van der Waals surface area contributed by atoms with E-state index in [1.807, 2.05) is 0 Å². The summed E-state index contributed by atoms with van der Waals surface area (Å²) in [5.74, 6) is 0. The summed E-state index contributed by atoms with van der Waals surface area (Å²) in [4.78, 5) is 10.0. The molecule has 0 heterocycles. The summed E-state index contributed by atoms with van der Waals surface area (Å²) in [7, 11) is 0. The SMILES string of the molecule is CC(OCC(O)O)OC(N)=O. The van der Waals surface area contributed by atoms with Crippen molar-refractivity contribution in [3.63, 3.8) is 0 Å². The second-order valence-corrected chi connectivity index (χ2v) is 1.82. The molecule has 0 radical (unpaired) electrons. The zero-order valence-corrected chi connectivity index (χ0v) is 6.06. The van der Waals surface area contributed by atoms with Crippen molar-refractivity contribution in [2.24, 2.45) is 5.73 Å². The second kappa shape index (κ2) is 4.89. The zero-order valence-electron chi connectivity index (χ0n) is 6.06. The lowest BCUT2D eigenvalue weighted by molar-refractivity contribution is -0.158. The van der Waals surface area contributed by atoms with E-state index in [2.05, 4.69) is 15.2 Å². The molecule has 6 heteroatoms. The minimum atomic E-state index is -1.58. The van der Waals surface area contributed by atoms with Gasteiger partial charge >= 0.3 is 6.09 Å². The van der Waals surface area contributed by atoms with Crippen molar-refractivity contribution in [1.82, 2.24) is 0 Å². The van der Waals surface area contributed by atoms with E-state index in [0.29, 0.717) is 0 Å². The average molecular weight is 165 g/mol. The number of ether oxygens (including phenoxy) is 2. The van der Waals surface area contributed by atoms with Gasteiger partial charge in [-0.25, -0.2) is 4.79 Å². The van der Waals surface area contributed by atoms with Gasteiger partial charge in [0.2, 0.25) is 6.29 Å². The number of primary amides is 1. The maximum Gasteiger partial charge on any atom is 0.406 e. The molecule has 1 atom stereocenters. The summed E-state index contributed by atoms with van der Waals surface area (Å²) in [5, 5.41) is 16.6. The van der Waals surface area contributed by atoms with Crippen molar-refractivity contribution in [1.29, 1.82) is 0 Å². The van der Waals surface area contributed by atoms with Gasteiger partial charge in [-0.2, -0.15) is 0 Å². The van der Waals surface area contributed by atoms with Gasteiger partial charge in [0.05, 0.1) is 0 Å². The molecule has 0 aliphatic rings. The van der Waals surface area contributed by atoms with E-state index < -0.39 is 18.7 Å². The van der Waals surface area contributed by atoms with Crippen LogP contribution in [-0.4, -0.2) is 35.5 Å². The second-order valence-electron chi connectivity index (χ2n) is 1.82. The predicted molar refractivity (Wildman–Crippen MR) is 34.3 cm³/mol. The highest BCUT2D eigenvalue weighted by atomic mass is 16.7. The van der Waals surface area contributed by atoms with Gasteiger partial charge in [0.1, 0.15) is 6.61 Å². The van der Waals surface area contributed by atoms with Crippen molar-refractivity contribution >= 4 is 6.09 Å². The molecule has 1 unspecified atom stereocenters. The highest BCUT2D eigenvalue weighted by Crippen LogP contribution is 1.93. The van der Waals surface area contributed by atoms with Gasteiger partial charge < -0.3 is 25.4 Å². The Kier molecular flexibility index (Phi) is 4.51. The molecular weight excluding hydrogens is 154 g/mol. The number of amides is 1. The lowest BCUT2D eigenvalue weighted by Gasteiger charge is -2.12. The number of carbonyl (C=O) groups is 1. The first-order chi connectivity index (χ1) is 5.02. The summed E-state index contributed by atoms with van der Waals surface area (Å²) < 4.78 is 8.89. The van der Waals surface area contributed by atoms with Crippen LogP contribution in [0.1, 0.15) is 6.92 Å². The maximum absolute atomic E-state index is 10.0. The Hall–Kier alpha value is -0.850. The summed E-state index contributed by atoms with van der Waals surface area (Å²) >= 11 is 0. The van der Waals surface area contributed by atoms with Gasteiger partial charge in [-0.1, -0.05) is 0 Å². The number of rotatable bonds is 4. The lowest BCUT2D eigenvalue weighted by atomic mass is 10.6. The lowest BCUT2D eigenvalue weighted by Crippen LogP contribution is -2.26. The number of carbonyl (C=O) groups excluding carboxylic acids is 1. The van der Waals surface area contributed by atoms with Crippen molar-refractivity contribution in [3.05, 3.63) is 0 Å². The standard InChI is InChI=1S/C5H11NO5/c1-3(11-5(6)9)10-2-4(7)8/h3-4,7-8H,2H2,1H3,(H2,6,9).